The van der Waals surface area contributed by atoms with Crippen LogP contribution in [0.1, 0.15) is 71.5 Å². The van der Waals surface area contributed by atoms with E-state index >= 15 is 4.39 Å². The quantitative estimate of drug-likeness (QED) is 0.143. The molecule has 1 unspecified atom stereocenters. The smallest absolute Gasteiger partial charge is 0.350 e. The van der Waals surface area contributed by atoms with Crippen molar-refractivity contribution in [2.45, 2.75) is 51.5 Å². The van der Waals surface area contributed by atoms with Gasteiger partial charge in [0.2, 0.25) is 11.8 Å². The second-order valence-electron chi connectivity index (χ2n) is 16.1. The molecule has 7 aromatic rings. The molecular weight excluding hydrogens is 806 g/mol. The van der Waals surface area contributed by atoms with Crippen molar-refractivity contribution in [3.8, 4) is 16.9 Å². The molecule has 2 saturated heterocycles. The molecule has 4 aromatic heterocycles. The van der Waals surface area contributed by atoms with Crippen molar-refractivity contribution < 1.29 is 23.6 Å². The number of hydrogen-bond acceptors (Lipinski definition) is 9. The highest BCUT2D eigenvalue weighted by atomic mass is 19.1. The number of rotatable bonds is 11. The zero-order chi connectivity index (χ0) is 43.9. The van der Waals surface area contributed by atoms with Gasteiger partial charge in [-0.05, 0) is 92.6 Å². The van der Waals surface area contributed by atoms with Crippen LogP contribution in [0.15, 0.2) is 90.1 Å². The molecule has 0 aliphatic carbocycles. The molecule has 4 amide bonds. The SMILES string of the molecule is CCn1c(-c2ccc(-n3cnn(C)c3=O)cc2)cc2ccnc(C(=O)Nc3ccc(F)c(C(=O)NCCC4CCN(c5cccc6c(C7CCC(=O)NC7=O)nn(C)c56)CC4)c3)c21. The third kappa shape index (κ3) is 7.74. The van der Waals surface area contributed by atoms with E-state index < -0.39 is 23.5 Å². The van der Waals surface area contributed by atoms with Gasteiger partial charge in [0.1, 0.15) is 12.1 Å². The number of anilines is 2. The van der Waals surface area contributed by atoms with Crippen LogP contribution < -0.4 is 26.5 Å². The second kappa shape index (κ2) is 16.8. The van der Waals surface area contributed by atoms with E-state index in [4.69, 9.17) is 5.10 Å². The van der Waals surface area contributed by atoms with E-state index in [1.807, 2.05) is 71.8 Å². The monoisotopic (exact) mass is 851 g/mol. The molecule has 1 atom stereocenters. The van der Waals surface area contributed by atoms with Crippen LogP contribution >= 0.6 is 0 Å². The Labute approximate surface area is 360 Å². The minimum absolute atomic E-state index is 0.175. The van der Waals surface area contributed by atoms with Crippen molar-refractivity contribution in [2.75, 3.05) is 29.9 Å². The molecule has 17 heteroatoms. The predicted molar refractivity (Wildman–Crippen MR) is 235 cm³/mol. The van der Waals surface area contributed by atoms with E-state index in [0.29, 0.717) is 42.3 Å². The summed E-state index contributed by atoms with van der Waals surface area (Å²) in [6.07, 6.45) is 6.26. The van der Waals surface area contributed by atoms with Crippen LogP contribution in [0.3, 0.4) is 0 Å². The maximum atomic E-state index is 15.1. The molecule has 16 nitrogen and oxygen atoms in total. The maximum Gasteiger partial charge on any atom is 0.350 e. The van der Waals surface area contributed by atoms with Crippen LogP contribution in [0.5, 0.6) is 0 Å². The number of amides is 4. The Morgan fingerprint density at radius 3 is 2.43 bits per heavy atom. The maximum absolute atomic E-state index is 15.1. The Balaban J connectivity index is 0.826. The highest BCUT2D eigenvalue weighted by molar-refractivity contribution is 6.12. The number of aryl methyl sites for hydroxylation is 3. The summed E-state index contributed by atoms with van der Waals surface area (Å²) in [7, 11) is 3.47. The fourth-order valence-corrected chi connectivity index (χ4v) is 9.03. The van der Waals surface area contributed by atoms with E-state index in [2.05, 4.69) is 37.0 Å². The van der Waals surface area contributed by atoms with Crippen LogP contribution in [-0.2, 0) is 30.2 Å². The zero-order valence-corrected chi connectivity index (χ0v) is 35.1. The Bertz CT molecular complexity index is 2990. The van der Waals surface area contributed by atoms with Crippen molar-refractivity contribution in [3.05, 3.63) is 119 Å². The number of carbonyl (C=O) groups is 4. The molecule has 6 heterocycles. The van der Waals surface area contributed by atoms with Gasteiger partial charge in [0.15, 0.2) is 5.69 Å². The topological polar surface area (TPSA) is 183 Å². The van der Waals surface area contributed by atoms with E-state index in [9.17, 15) is 24.0 Å². The van der Waals surface area contributed by atoms with Crippen molar-refractivity contribution in [1.82, 2.24) is 44.3 Å². The average molecular weight is 852 g/mol. The first kappa shape index (κ1) is 40.9. The number of fused-ring (bicyclic) bond motifs is 2. The highest BCUT2D eigenvalue weighted by Crippen LogP contribution is 2.37. The molecule has 322 valence electrons. The van der Waals surface area contributed by atoms with Gasteiger partial charge in [-0.25, -0.2) is 23.4 Å². The van der Waals surface area contributed by atoms with Crippen molar-refractivity contribution >= 4 is 56.8 Å². The molecule has 2 fully saturated rings. The van der Waals surface area contributed by atoms with Gasteiger partial charge in [0.05, 0.1) is 39.6 Å². The van der Waals surface area contributed by atoms with E-state index in [1.54, 1.807) is 13.2 Å². The average Bonchev–Trinajstić information content (AvgIpc) is 3.96. The first-order valence-corrected chi connectivity index (χ1v) is 21.1. The summed E-state index contributed by atoms with van der Waals surface area (Å²) in [5, 5.41) is 18.6. The number of hydrogen-bond donors (Lipinski definition) is 3. The lowest BCUT2D eigenvalue weighted by molar-refractivity contribution is -0.134. The Morgan fingerprint density at radius 2 is 1.70 bits per heavy atom. The highest BCUT2D eigenvalue weighted by Gasteiger charge is 2.33. The van der Waals surface area contributed by atoms with Crippen LogP contribution in [-0.4, -0.2) is 76.9 Å². The Hall–Kier alpha value is -7.43. The van der Waals surface area contributed by atoms with Crippen LogP contribution in [0.25, 0.3) is 38.8 Å². The molecule has 0 bridgehead atoms. The molecule has 3 aromatic carbocycles. The fraction of sp³-hybridized carbons (Fsp3) is 0.304. The molecule has 0 saturated carbocycles. The van der Waals surface area contributed by atoms with Crippen LogP contribution in [0, 0.1) is 11.7 Å². The van der Waals surface area contributed by atoms with E-state index in [1.165, 1.54) is 33.8 Å². The van der Waals surface area contributed by atoms with Crippen molar-refractivity contribution in [3.63, 3.8) is 0 Å². The Morgan fingerprint density at radius 1 is 0.905 bits per heavy atom. The molecule has 0 radical (unpaired) electrons. The number of benzene rings is 3. The molecule has 0 spiro atoms. The number of imide groups is 1. The number of pyridine rings is 1. The third-order valence-electron chi connectivity index (χ3n) is 12.3. The first-order chi connectivity index (χ1) is 30.5. The number of piperidine rings is 2. The molecule has 2 aliphatic heterocycles. The third-order valence-corrected chi connectivity index (χ3v) is 12.3. The lowest BCUT2D eigenvalue weighted by atomic mass is 9.91. The molecule has 9 rings (SSSR count). The van der Waals surface area contributed by atoms with Gasteiger partial charge in [-0.1, -0.05) is 24.3 Å². The van der Waals surface area contributed by atoms with Gasteiger partial charge in [-0.2, -0.15) is 10.2 Å². The van der Waals surface area contributed by atoms with E-state index in [-0.39, 0.29) is 40.9 Å². The van der Waals surface area contributed by atoms with Crippen LogP contribution in [0.4, 0.5) is 15.8 Å². The zero-order valence-electron chi connectivity index (χ0n) is 35.1. The number of carbonyl (C=O) groups excluding carboxylic acids is 4. The summed E-state index contributed by atoms with van der Waals surface area (Å²) >= 11 is 0. The molecule has 3 N–H and O–H groups in total. The molecule has 63 heavy (non-hydrogen) atoms. The largest absolute Gasteiger partial charge is 0.370 e. The first-order valence-electron chi connectivity index (χ1n) is 21.1. The summed E-state index contributed by atoms with van der Waals surface area (Å²) < 4.78 is 21.6. The normalized spacial score (nSPS) is 15.9. The minimum atomic E-state index is -0.701. The predicted octanol–water partition coefficient (Wildman–Crippen LogP) is 5.44. The van der Waals surface area contributed by atoms with Crippen molar-refractivity contribution in [1.29, 1.82) is 0 Å². The van der Waals surface area contributed by atoms with Gasteiger partial charge in [-0.15, -0.1) is 0 Å². The number of aromatic nitrogens is 7. The van der Waals surface area contributed by atoms with Gasteiger partial charge in [0, 0.05) is 75.0 Å². The summed E-state index contributed by atoms with van der Waals surface area (Å²) in [4.78, 5) is 70.8. The summed E-state index contributed by atoms with van der Waals surface area (Å²) in [5.41, 5.74) is 5.69. The minimum Gasteiger partial charge on any atom is -0.370 e. The summed E-state index contributed by atoms with van der Waals surface area (Å²) in [6.45, 7) is 4.46. The van der Waals surface area contributed by atoms with E-state index in [0.717, 1.165) is 65.6 Å². The second-order valence-corrected chi connectivity index (χ2v) is 16.1. The van der Waals surface area contributed by atoms with Gasteiger partial charge in [-0.3, -0.25) is 29.2 Å². The van der Waals surface area contributed by atoms with Crippen LogP contribution in [0.2, 0.25) is 0 Å². The van der Waals surface area contributed by atoms with Crippen molar-refractivity contribution in [2.24, 2.45) is 20.0 Å². The molecule has 2 aliphatic rings. The van der Waals surface area contributed by atoms with Gasteiger partial charge >= 0.3 is 5.69 Å². The standard InChI is InChI=1S/C46H46FN11O5/c1-4-57-37(28-8-11-31(12-9-28)58-26-50-55(3)46(58)63)24-29-17-21-48-40(41(29)57)45(62)51-30-10-14-35(47)34(25-30)43(60)49-20-16-27-18-22-56(23-19-27)36-7-5-6-32-39(53-54(2)42(32)36)33-13-15-38(59)52-44(33)61/h5-12,14,17,21,24-27,33H,4,13,15-16,18-20,22-23H2,1-3H3,(H,49,60)(H,51,62)(H,52,59,61). The summed E-state index contributed by atoms with van der Waals surface area (Å²) in [5.74, 6) is -2.48. The number of nitrogens with zero attached hydrogens (tertiary/aromatic N) is 8. The lowest BCUT2D eigenvalue weighted by Crippen LogP contribution is -2.39. The number of halogens is 1. The summed E-state index contributed by atoms with van der Waals surface area (Å²) in [6, 6.07) is 21.3. The van der Waals surface area contributed by atoms with Gasteiger partial charge in [0.25, 0.3) is 11.8 Å². The van der Waals surface area contributed by atoms with Gasteiger partial charge < -0.3 is 20.1 Å². The lowest BCUT2D eigenvalue weighted by Gasteiger charge is -2.34. The number of para-hydroxylation sites is 1. The Kier molecular flexibility index (Phi) is 10.9. The molecular formula is C46H46FN11O5. The fourth-order valence-electron chi connectivity index (χ4n) is 9.03. The number of nitrogens with one attached hydrogen (secondary N) is 3.